The van der Waals surface area contributed by atoms with E-state index in [1.807, 2.05) is 6.07 Å². The second-order valence-corrected chi connectivity index (χ2v) is 5.82. The molecule has 7 heteroatoms. The number of nitrogens with two attached hydrogens (primary N) is 1. The van der Waals surface area contributed by atoms with Gasteiger partial charge in [0, 0.05) is 23.4 Å². The van der Waals surface area contributed by atoms with E-state index in [1.54, 1.807) is 18.2 Å². The summed E-state index contributed by atoms with van der Waals surface area (Å²) >= 11 is 1.33. The topological polar surface area (TPSA) is 55.1 Å². The van der Waals surface area contributed by atoms with Crippen molar-refractivity contribution >= 4 is 33.0 Å². The number of fused-ring (bicyclic) bond motifs is 1. The highest BCUT2D eigenvalue weighted by Gasteiger charge is 2.25. The smallest absolute Gasteiger partial charge is 0.389 e. The van der Waals surface area contributed by atoms with Crippen LogP contribution in [-0.2, 0) is 0 Å². The number of anilines is 1. The van der Waals surface area contributed by atoms with Gasteiger partial charge in [-0.2, -0.15) is 13.2 Å². The van der Waals surface area contributed by atoms with Crippen LogP contribution in [0.15, 0.2) is 24.3 Å². The molecule has 1 amide bonds. The summed E-state index contributed by atoms with van der Waals surface area (Å²) in [5, 5.41) is 3.52. The van der Waals surface area contributed by atoms with Gasteiger partial charge in [-0.1, -0.05) is 0 Å². The van der Waals surface area contributed by atoms with Gasteiger partial charge in [-0.05, 0) is 42.5 Å². The lowest BCUT2D eigenvalue weighted by Gasteiger charge is -2.06. The van der Waals surface area contributed by atoms with E-state index < -0.39 is 12.6 Å². The lowest BCUT2D eigenvalue weighted by atomic mass is 10.2. The van der Waals surface area contributed by atoms with Crippen LogP contribution in [0.5, 0.6) is 0 Å². The molecular formula is C14H15F3N2OS. The number of nitrogen functional groups attached to an aromatic ring is 1. The van der Waals surface area contributed by atoms with Crippen molar-refractivity contribution in [2.24, 2.45) is 0 Å². The maximum Gasteiger partial charge on any atom is 0.389 e. The third-order valence-corrected chi connectivity index (χ3v) is 4.05. The minimum Gasteiger partial charge on any atom is -0.399 e. The number of amides is 1. The Morgan fingerprint density at radius 3 is 2.71 bits per heavy atom. The number of hydrogen-bond donors (Lipinski definition) is 2. The summed E-state index contributed by atoms with van der Waals surface area (Å²) in [5.41, 5.74) is 6.29. The predicted octanol–water partition coefficient (Wildman–Crippen LogP) is 3.95. The van der Waals surface area contributed by atoms with Crippen LogP contribution in [0.2, 0.25) is 0 Å². The standard InChI is InChI=1S/C14H15F3N2OS/c15-14(16,17)5-1-2-6-19-13(20)12-8-9-7-10(18)3-4-11(9)21-12/h3-4,7-8H,1-2,5-6,18H2,(H,19,20). The normalized spacial score (nSPS) is 11.8. The highest BCUT2D eigenvalue weighted by atomic mass is 32.1. The number of carbonyl (C=O) groups excluding carboxylic acids is 1. The van der Waals surface area contributed by atoms with Crippen LogP contribution in [0.4, 0.5) is 18.9 Å². The average molecular weight is 316 g/mol. The lowest BCUT2D eigenvalue weighted by molar-refractivity contribution is -0.135. The summed E-state index contributed by atoms with van der Waals surface area (Å²) in [5.74, 6) is -0.262. The molecule has 2 aromatic rings. The molecule has 0 saturated heterocycles. The van der Waals surface area contributed by atoms with E-state index >= 15 is 0 Å². The van der Waals surface area contributed by atoms with Crippen LogP contribution >= 0.6 is 11.3 Å². The molecular weight excluding hydrogens is 301 g/mol. The van der Waals surface area contributed by atoms with Crippen molar-refractivity contribution in [3.63, 3.8) is 0 Å². The van der Waals surface area contributed by atoms with Crippen LogP contribution in [0, 0.1) is 0 Å². The van der Waals surface area contributed by atoms with Crippen molar-refractivity contribution < 1.29 is 18.0 Å². The summed E-state index contributed by atoms with van der Waals surface area (Å²) in [4.78, 5) is 12.4. The Labute approximate surface area is 123 Å². The summed E-state index contributed by atoms with van der Waals surface area (Å²) in [6.45, 7) is 0.241. The lowest BCUT2D eigenvalue weighted by Crippen LogP contribution is -2.23. The number of alkyl halides is 3. The summed E-state index contributed by atoms with van der Waals surface area (Å²) < 4.78 is 36.8. The Hall–Kier alpha value is -1.76. The third-order valence-electron chi connectivity index (χ3n) is 2.94. The molecule has 0 saturated carbocycles. The molecule has 0 aliphatic heterocycles. The molecule has 1 aromatic heterocycles. The SMILES string of the molecule is Nc1ccc2sc(C(=O)NCCCCC(F)(F)F)cc2c1. The van der Waals surface area contributed by atoms with Gasteiger partial charge < -0.3 is 11.1 Å². The monoisotopic (exact) mass is 316 g/mol. The fourth-order valence-corrected chi connectivity index (χ4v) is 2.87. The average Bonchev–Trinajstić information content (AvgIpc) is 2.79. The molecule has 0 bridgehead atoms. The number of nitrogens with one attached hydrogen (secondary N) is 1. The maximum absolute atomic E-state index is 12.0. The zero-order valence-electron chi connectivity index (χ0n) is 11.2. The molecule has 21 heavy (non-hydrogen) atoms. The quantitative estimate of drug-likeness (QED) is 0.648. The summed E-state index contributed by atoms with van der Waals surface area (Å²) in [6.07, 6.45) is -4.61. The van der Waals surface area contributed by atoms with Gasteiger partial charge >= 0.3 is 6.18 Å². The molecule has 0 radical (unpaired) electrons. The number of hydrogen-bond acceptors (Lipinski definition) is 3. The molecule has 0 fully saturated rings. The largest absolute Gasteiger partial charge is 0.399 e. The zero-order chi connectivity index (χ0) is 15.5. The number of halogens is 3. The van der Waals surface area contributed by atoms with E-state index in [2.05, 4.69) is 5.32 Å². The first kappa shape index (κ1) is 15.6. The Bertz CT molecular complexity index is 637. The van der Waals surface area contributed by atoms with Gasteiger partial charge in [0.05, 0.1) is 4.88 Å². The maximum atomic E-state index is 12.0. The molecule has 1 aromatic carbocycles. The van der Waals surface area contributed by atoms with Crippen LogP contribution in [-0.4, -0.2) is 18.6 Å². The van der Waals surface area contributed by atoms with Crippen molar-refractivity contribution in [3.8, 4) is 0 Å². The van der Waals surface area contributed by atoms with Crippen molar-refractivity contribution in [1.29, 1.82) is 0 Å². The van der Waals surface area contributed by atoms with Crippen LogP contribution < -0.4 is 11.1 Å². The predicted molar refractivity (Wildman–Crippen MR) is 78.5 cm³/mol. The van der Waals surface area contributed by atoms with Gasteiger partial charge in [0.1, 0.15) is 0 Å². The van der Waals surface area contributed by atoms with Gasteiger partial charge in [-0.3, -0.25) is 4.79 Å². The molecule has 0 unspecified atom stereocenters. The van der Waals surface area contributed by atoms with Gasteiger partial charge in [-0.25, -0.2) is 0 Å². The second kappa shape index (κ2) is 6.34. The van der Waals surface area contributed by atoms with Gasteiger partial charge in [0.15, 0.2) is 0 Å². The minimum atomic E-state index is -4.13. The third kappa shape index (κ3) is 4.63. The molecule has 0 aliphatic rings. The molecule has 0 atom stereocenters. The van der Waals surface area contributed by atoms with Crippen molar-refractivity contribution in [2.75, 3.05) is 12.3 Å². The molecule has 3 nitrogen and oxygen atoms in total. The van der Waals surface area contributed by atoms with Crippen molar-refractivity contribution in [3.05, 3.63) is 29.1 Å². The number of unbranched alkanes of at least 4 members (excludes halogenated alkanes) is 1. The van der Waals surface area contributed by atoms with E-state index in [9.17, 15) is 18.0 Å². The van der Waals surface area contributed by atoms with E-state index in [-0.39, 0.29) is 18.9 Å². The highest BCUT2D eigenvalue weighted by Crippen LogP contribution is 2.27. The Morgan fingerprint density at radius 1 is 1.24 bits per heavy atom. The molecule has 2 rings (SSSR count). The minimum absolute atomic E-state index is 0.0206. The van der Waals surface area contributed by atoms with E-state index in [0.717, 1.165) is 10.1 Å². The van der Waals surface area contributed by atoms with Gasteiger partial charge in [0.25, 0.3) is 5.91 Å². The van der Waals surface area contributed by atoms with Crippen molar-refractivity contribution in [1.82, 2.24) is 5.32 Å². The Kier molecular flexibility index (Phi) is 4.72. The van der Waals surface area contributed by atoms with Crippen LogP contribution in [0.1, 0.15) is 28.9 Å². The number of rotatable bonds is 5. The summed E-state index contributed by atoms with van der Waals surface area (Å²) in [7, 11) is 0. The van der Waals surface area contributed by atoms with E-state index in [4.69, 9.17) is 5.73 Å². The number of carbonyl (C=O) groups is 1. The molecule has 1 heterocycles. The zero-order valence-corrected chi connectivity index (χ0v) is 12.0. The molecule has 0 spiro atoms. The van der Waals surface area contributed by atoms with E-state index in [1.165, 1.54) is 11.3 Å². The van der Waals surface area contributed by atoms with Crippen molar-refractivity contribution in [2.45, 2.75) is 25.4 Å². The molecule has 3 N–H and O–H groups in total. The first-order chi connectivity index (χ1) is 9.85. The summed E-state index contributed by atoms with van der Waals surface area (Å²) in [6, 6.07) is 7.13. The molecule has 114 valence electrons. The van der Waals surface area contributed by atoms with Gasteiger partial charge in [0.2, 0.25) is 0 Å². The fraction of sp³-hybridized carbons (Fsp3) is 0.357. The van der Waals surface area contributed by atoms with Crippen LogP contribution in [0.3, 0.4) is 0 Å². The Balaban J connectivity index is 1.85. The second-order valence-electron chi connectivity index (χ2n) is 4.74. The Morgan fingerprint density at radius 2 is 2.00 bits per heavy atom. The van der Waals surface area contributed by atoms with Crippen LogP contribution in [0.25, 0.3) is 10.1 Å². The first-order valence-corrected chi connectivity index (χ1v) is 7.31. The van der Waals surface area contributed by atoms with Gasteiger partial charge in [-0.15, -0.1) is 11.3 Å². The van der Waals surface area contributed by atoms with E-state index in [0.29, 0.717) is 17.0 Å². The molecule has 0 aliphatic carbocycles. The highest BCUT2D eigenvalue weighted by molar-refractivity contribution is 7.20. The number of benzene rings is 1. The first-order valence-electron chi connectivity index (χ1n) is 6.49. The number of thiophene rings is 1. The fourth-order valence-electron chi connectivity index (χ4n) is 1.91.